The number of ether oxygens (including phenoxy) is 1. The predicted octanol–water partition coefficient (Wildman–Crippen LogP) is 5.27. The number of hydrogen-bond donors (Lipinski definition) is 1. The summed E-state index contributed by atoms with van der Waals surface area (Å²) >= 11 is 0. The maximum atomic E-state index is 13.8. The monoisotopic (exact) mass is 594 g/mol. The first-order chi connectivity index (χ1) is 20.8. The molecule has 1 saturated heterocycles. The fourth-order valence-corrected chi connectivity index (χ4v) is 7.42. The van der Waals surface area contributed by atoms with Crippen LogP contribution < -0.4 is 5.69 Å². The van der Waals surface area contributed by atoms with Gasteiger partial charge in [0.2, 0.25) is 0 Å². The molecule has 0 spiro atoms. The van der Waals surface area contributed by atoms with Crippen molar-refractivity contribution in [3.63, 3.8) is 0 Å². The third kappa shape index (κ3) is 7.59. The lowest BCUT2D eigenvalue weighted by molar-refractivity contribution is -0.0301. The highest BCUT2D eigenvalue weighted by molar-refractivity contribution is 5.76. The lowest BCUT2D eigenvalue weighted by Gasteiger charge is -2.44. The molecule has 0 amide bonds. The summed E-state index contributed by atoms with van der Waals surface area (Å²) in [5, 5.41) is 11.8. The van der Waals surface area contributed by atoms with Crippen molar-refractivity contribution in [3.8, 4) is 0 Å². The number of imidazole rings is 1. The van der Waals surface area contributed by atoms with Gasteiger partial charge in [0.1, 0.15) is 5.82 Å². The second-order valence-electron chi connectivity index (χ2n) is 13.2. The number of rotatable bonds is 14. The number of para-hydroxylation sites is 2. The molecule has 3 aromatic rings. The summed E-state index contributed by atoms with van der Waals surface area (Å²) in [5.74, 6) is 0.120. The molecule has 0 bridgehead atoms. The molecule has 0 saturated carbocycles. The molecule has 1 aromatic heterocycles. The minimum absolute atomic E-state index is 0.0268. The Morgan fingerprint density at radius 2 is 1.67 bits per heavy atom. The van der Waals surface area contributed by atoms with Gasteiger partial charge in [0.05, 0.1) is 29.8 Å². The number of fused-ring (bicyclic) bond motifs is 2. The Kier molecular flexibility index (Phi) is 10.8. The van der Waals surface area contributed by atoms with E-state index in [1.165, 1.54) is 6.07 Å². The van der Waals surface area contributed by atoms with Crippen LogP contribution in [0.1, 0.15) is 69.4 Å². The summed E-state index contributed by atoms with van der Waals surface area (Å²) < 4.78 is 23.2. The molecule has 1 N–H and O–H groups in total. The fraction of sp³-hybridized carbons (Fsp3) is 0.629. The Balaban J connectivity index is 1.07. The van der Waals surface area contributed by atoms with E-state index >= 15 is 0 Å². The van der Waals surface area contributed by atoms with Crippen molar-refractivity contribution in [3.05, 3.63) is 69.9 Å². The van der Waals surface area contributed by atoms with Gasteiger partial charge in [-0.15, -0.1) is 0 Å². The summed E-state index contributed by atoms with van der Waals surface area (Å²) in [4.78, 5) is 18.1. The Hall–Kier alpha value is -2.52. The fourth-order valence-electron chi connectivity index (χ4n) is 7.42. The summed E-state index contributed by atoms with van der Waals surface area (Å²) in [6.07, 6.45) is 6.42. The molecule has 2 atom stereocenters. The van der Waals surface area contributed by atoms with E-state index in [-0.39, 0.29) is 23.3 Å². The molecule has 1 aliphatic heterocycles. The molecule has 0 unspecified atom stereocenters. The topological polar surface area (TPSA) is 62.9 Å². The highest BCUT2D eigenvalue weighted by atomic mass is 19.1. The van der Waals surface area contributed by atoms with Gasteiger partial charge < -0.3 is 14.7 Å². The molecule has 5 rings (SSSR count). The molecule has 1 fully saturated rings. The maximum absolute atomic E-state index is 13.8. The Bertz CT molecular complexity index is 1400. The van der Waals surface area contributed by atoms with Gasteiger partial charge >= 0.3 is 5.69 Å². The SMILES string of the molecule is CC(C)[C@H]1c2ccc(F)cc2CC[C@]1(O)CCN(C)CCCCCCn1c(=O)n(CCN2CCOCC2)c2ccccc21. The minimum atomic E-state index is -0.762. The highest BCUT2D eigenvalue weighted by Crippen LogP contribution is 2.45. The zero-order valence-electron chi connectivity index (χ0n) is 26.4. The van der Waals surface area contributed by atoms with Gasteiger partial charge in [0.25, 0.3) is 0 Å². The van der Waals surface area contributed by atoms with Gasteiger partial charge in [0.15, 0.2) is 0 Å². The van der Waals surface area contributed by atoms with Crippen molar-refractivity contribution in [2.75, 3.05) is 53.0 Å². The zero-order valence-corrected chi connectivity index (χ0v) is 26.4. The Morgan fingerprint density at radius 3 is 2.40 bits per heavy atom. The quantitative estimate of drug-likeness (QED) is 0.258. The van der Waals surface area contributed by atoms with Crippen molar-refractivity contribution < 1.29 is 14.2 Å². The first kappa shape index (κ1) is 31.9. The summed E-state index contributed by atoms with van der Waals surface area (Å²) in [5.41, 5.74) is 3.56. The van der Waals surface area contributed by atoms with Gasteiger partial charge in [-0.1, -0.05) is 44.9 Å². The van der Waals surface area contributed by atoms with Gasteiger partial charge in [-0.05, 0) is 87.0 Å². The van der Waals surface area contributed by atoms with Crippen LogP contribution in [-0.4, -0.2) is 82.6 Å². The predicted molar refractivity (Wildman–Crippen MR) is 171 cm³/mol. The molecule has 2 heterocycles. The molecule has 43 heavy (non-hydrogen) atoms. The Labute approximate surface area is 256 Å². The average Bonchev–Trinajstić information content (AvgIpc) is 3.27. The summed E-state index contributed by atoms with van der Waals surface area (Å²) in [7, 11) is 2.14. The number of halogens is 1. The van der Waals surface area contributed by atoms with Crippen LogP contribution in [0.2, 0.25) is 0 Å². The van der Waals surface area contributed by atoms with Gasteiger partial charge in [-0.25, -0.2) is 9.18 Å². The van der Waals surface area contributed by atoms with Crippen LogP contribution in [0, 0.1) is 11.7 Å². The number of unbranched alkanes of at least 4 members (excludes halogenated alkanes) is 3. The van der Waals surface area contributed by atoms with Gasteiger partial charge in [-0.2, -0.15) is 0 Å². The summed E-state index contributed by atoms with van der Waals surface area (Å²) in [6.45, 7) is 11.9. The number of aromatic nitrogens is 2. The van der Waals surface area contributed by atoms with E-state index in [9.17, 15) is 14.3 Å². The number of hydrogen-bond acceptors (Lipinski definition) is 5. The van der Waals surface area contributed by atoms with Crippen molar-refractivity contribution in [1.29, 1.82) is 0 Å². The van der Waals surface area contributed by atoms with Crippen LogP contribution in [0.15, 0.2) is 47.3 Å². The standard InChI is InChI=1S/C35H51FN4O3/c1-27(2)33-30-13-12-29(36)26-28(30)14-15-35(33,42)16-19-37(3)17-8-4-5-9-18-39-31-10-6-7-11-32(31)40(34(39)41)21-20-38-22-24-43-25-23-38/h6-7,10-13,26-27,33,42H,4-5,8-9,14-25H2,1-3H3/t33-,35-/m0/s1. The number of morpholine rings is 1. The molecule has 2 aromatic carbocycles. The van der Waals surface area contributed by atoms with E-state index in [1.54, 1.807) is 6.07 Å². The van der Waals surface area contributed by atoms with Crippen molar-refractivity contribution in [2.45, 2.75) is 83.4 Å². The smallest absolute Gasteiger partial charge is 0.329 e. The number of benzene rings is 2. The number of aliphatic hydroxyl groups is 1. The normalized spacial score (nSPS) is 21.2. The lowest BCUT2D eigenvalue weighted by Crippen LogP contribution is -2.45. The molecular formula is C35H51FN4O3. The van der Waals surface area contributed by atoms with Crippen LogP contribution >= 0.6 is 0 Å². The molecule has 1 aliphatic carbocycles. The number of aryl methyl sites for hydroxylation is 2. The molecule has 8 heteroatoms. The average molecular weight is 595 g/mol. The van der Waals surface area contributed by atoms with E-state index in [1.807, 2.05) is 27.3 Å². The van der Waals surface area contributed by atoms with Gasteiger partial charge in [0, 0.05) is 45.2 Å². The molecule has 236 valence electrons. The third-order valence-electron chi connectivity index (χ3n) is 9.78. The third-order valence-corrected chi connectivity index (χ3v) is 9.78. The van der Waals surface area contributed by atoms with Crippen LogP contribution in [0.5, 0.6) is 0 Å². The van der Waals surface area contributed by atoms with Crippen molar-refractivity contribution in [2.24, 2.45) is 5.92 Å². The van der Waals surface area contributed by atoms with Crippen LogP contribution in [0.25, 0.3) is 11.0 Å². The minimum Gasteiger partial charge on any atom is -0.389 e. The van der Waals surface area contributed by atoms with E-state index < -0.39 is 5.60 Å². The van der Waals surface area contributed by atoms with E-state index in [4.69, 9.17) is 4.74 Å². The first-order valence-corrected chi connectivity index (χ1v) is 16.4. The largest absolute Gasteiger partial charge is 0.389 e. The van der Waals surface area contributed by atoms with E-state index in [0.717, 1.165) is 113 Å². The van der Waals surface area contributed by atoms with Gasteiger partial charge in [-0.3, -0.25) is 14.0 Å². The molecule has 2 aliphatic rings. The number of nitrogens with zero attached hydrogens (tertiary/aromatic N) is 4. The molecule has 0 radical (unpaired) electrons. The summed E-state index contributed by atoms with van der Waals surface area (Å²) in [6, 6.07) is 13.2. The van der Waals surface area contributed by atoms with E-state index in [0.29, 0.717) is 13.0 Å². The highest BCUT2D eigenvalue weighted by Gasteiger charge is 2.43. The molecule has 7 nitrogen and oxygen atoms in total. The lowest BCUT2D eigenvalue weighted by atomic mass is 9.66. The van der Waals surface area contributed by atoms with Crippen LogP contribution in [0.3, 0.4) is 0 Å². The van der Waals surface area contributed by atoms with Crippen molar-refractivity contribution >= 4 is 11.0 Å². The second-order valence-corrected chi connectivity index (χ2v) is 13.2. The Morgan fingerprint density at radius 1 is 0.977 bits per heavy atom. The zero-order chi connectivity index (χ0) is 30.4. The van der Waals surface area contributed by atoms with Crippen LogP contribution in [-0.2, 0) is 24.2 Å². The van der Waals surface area contributed by atoms with Crippen molar-refractivity contribution in [1.82, 2.24) is 18.9 Å². The van der Waals surface area contributed by atoms with E-state index in [2.05, 4.69) is 42.8 Å². The first-order valence-electron chi connectivity index (χ1n) is 16.4. The second kappa shape index (κ2) is 14.5. The van der Waals surface area contributed by atoms with Crippen LogP contribution in [0.4, 0.5) is 4.39 Å². The molecular weight excluding hydrogens is 543 g/mol. The maximum Gasteiger partial charge on any atom is 0.329 e.